The molecular formula is C11H19NO10. The van der Waals surface area contributed by atoms with E-state index in [4.69, 9.17) is 14.9 Å². The fourth-order valence-electron chi connectivity index (χ4n) is 2.32. The van der Waals surface area contributed by atoms with E-state index in [-0.39, 0.29) is 0 Å². The van der Waals surface area contributed by atoms with Gasteiger partial charge in [0.1, 0.15) is 18.3 Å². The van der Waals surface area contributed by atoms with Crippen molar-refractivity contribution in [2.75, 3.05) is 6.61 Å². The zero-order chi connectivity index (χ0) is 17.5. The smallest absolute Gasteiger partial charge is 0.338 e. The zero-order valence-corrected chi connectivity index (χ0v) is 11.8. The Hall–Kier alpha value is -1.34. The minimum atomic E-state index is -3.46. The van der Waals surface area contributed by atoms with Gasteiger partial charge in [0.25, 0.3) is 5.91 Å². The lowest BCUT2D eigenvalue weighted by Crippen LogP contribution is -2.85. The SMILES string of the molecule is CC(=O)NC1(O)O[C@H](CO)[C@@H](O)[C@H](O)[C@@]1(O)C(C)(O)C(=O)O. The Balaban J connectivity index is 3.52. The molecule has 6 atom stereocenters. The largest absolute Gasteiger partial charge is 0.479 e. The van der Waals surface area contributed by atoms with Gasteiger partial charge in [0.05, 0.1) is 6.61 Å². The van der Waals surface area contributed by atoms with Crippen molar-refractivity contribution in [3.05, 3.63) is 0 Å². The number of aliphatic hydroxyl groups is 6. The molecule has 0 spiro atoms. The molecule has 0 aliphatic carbocycles. The summed E-state index contributed by atoms with van der Waals surface area (Å²) >= 11 is 0. The maximum atomic E-state index is 11.2. The van der Waals surface area contributed by atoms with Gasteiger partial charge in [-0.25, -0.2) is 4.79 Å². The summed E-state index contributed by atoms with van der Waals surface area (Å²) in [5, 5.41) is 70.3. The van der Waals surface area contributed by atoms with Crippen LogP contribution in [0.15, 0.2) is 0 Å². The molecule has 1 aliphatic heterocycles. The lowest BCUT2D eigenvalue weighted by molar-refractivity contribution is -0.422. The molecule has 0 radical (unpaired) electrons. The van der Waals surface area contributed by atoms with Crippen LogP contribution in [0, 0.1) is 0 Å². The summed E-state index contributed by atoms with van der Waals surface area (Å²) in [5.74, 6) is -6.38. The highest BCUT2D eigenvalue weighted by Gasteiger charge is 2.74. The van der Waals surface area contributed by atoms with Crippen molar-refractivity contribution >= 4 is 11.9 Å². The van der Waals surface area contributed by atoms with E-state index >= 15 is 0 Å². The molecule has 2 unspecified atom stereocenters. The van der Waals surface area contributed by atoms with Crippen LogP contribution in [0.5, 0.6) is 0 Å². The zero-order valence-electron chi connectivity index (χ0n) is 11.8. The van der Waals surface area contributed by atoms with Crippen LogP contribution in [0.3, 0.4) is 0 Å². The molecule has 11 heteroatoms. The van der Waals surface area contributed by atoms with E-state index in [1.807, 2.05) is 0 Å². The molecule has 0 bridgehead atoms. The predicted molar refractivity (Wildman–Crippen MR) is 65.9 cm³/mol. The van der Waals surface area contributed by atoms with Crippen molar-refractivity contribution in [3.8, 4) is 0 Å². The third-order valence-corrected chi connectivity index (χ3v) is 3.66. The highest BCUT2D eigenvalue weighted by Crippen LogP contribution is 2.42. The minimum Gasteiger partial charge on any atom is -0.479 e. The van der Waals surface area contributed by atoms with Crippen LogP contribution in [0.2, 0.25) is 0 Å². The third-order valence-electron chi connectivity index (χ3n) is 3.66. The molecule has 0 aromatic heterocycles. The fourth-order valence-corrected chi connectivity index (χ4v) is 2.32. The van der Waals surface area contributed by atoms with Gasteiger partial charge in [0.15, 0.2) is 5.60 Å². The van der Waals surface area contributed by atoms with Gasteiger partial charge >= 0.3 is 5.97 Å². The molecule has 22 heavy (non-hydrogen) atoms. The molecule has 11 nitrogen and oxygen atoms in total. The molecular weight excluding hydrogens is 306 g/mol. The Morgan fingerprint density at radius 1 is 1.32 bits per heavy atom. The summed E-state index contributed by atoms with van der Waals surface area (Å²) in [5.41, 5.74) is -6.70. The Kier molecular flexibility index (Phi) is 4.85. The molecule has 0 aromatic rings. The maximum Gasteiger partial charge on any atom is 0.338 e. The quantitative estimate of drug-likeness (QED) is 0.233. The number of nitrogens with one attached hydrogen (secondary N) is 1. The maximum absolute atomic E-state index is 11.2. The number of amides is 1. The first-order valence-corrected chi connectivity index (χ1v) is 6.19. The Labute approximate surface area is 124 Å². The molecule has 128 valence electrons. The second-order valence-electron chi connectivity index (χ2n) is 5.24. The lowest BCUT2D eigenvalue weighted by atomic mass is 9.72. The topological polar surface area (TPSA) is 197 Å². The van der Waals surface area contributed by atoms with E-state index < -0.39 is 53.9 Å². The van der Waals surface area contributed by atoms with Gasteiger partial charge in [-0.1, -0.05) is 0 Å². The average Bonchev–Trinajstić information content (AvgIpc) is 2.39. The number of aliphatic hydroxyl groups excluding tert-OH is 3. The second kappa shape index (κ2) is 5.70. The number of carboxylic acid groups (broad SMARTS) is 1. The number of rotatable bonds is 4. The van der Waals surface area contributed by atoms with Gasteiger partial charge in [-0.2, -0.15) is 0 Å². The van der Waals surface area contributed by atoms with E-state index in [1.165, 1.54) is 0 Å². The normalized spacial score (nSPS) is 41.5. The van der Waals surface area contributed by atoms with Crippen LogP contribution in [-0.4, -0.2) is 89.7 Å². The summed E-state index contributed by atoms with van der Waals surface area (Å²) in [4.78, 5) is 22.4. The van der Waals surface area contributed by atoms with Gasteiger partial charge < -0.3 is 45.8 Å². The molecule has 1 amide bonds. The molecule has 0 aromatic carbocycles. The predicted octanol–water partition coefficient (Wildman–Crippen LogP) is -4.55. The van der Waals surface area contributed by atoms with E-state index in [1.54, 1.807) is 5.32 Å². The summed E-state index contributed by atoms with van der Waals surface area (Å²) in [6.07, 6.45) is -6.21. The first-order valence-electron chi connectivity index (χ1n) is 6.19. The number of carboxylic acids is 1. The van der Waals surface area contributed by atoms with E-state index in [2.05, 4.69) is 0 Å². The number of hydrogen-bond acceptors (Lipinski definition) is 9. The van der Waals surface area contributed by atoms with Gasteiger partial charge in [-0.05, 0) is 6.92 Å². The van der Waals surface area contributed by atoms with Gasteiger partial charge in [-0.3, -0.25) is 4.79 Å². The van der Waals surface area contributed by atoms with Gasteiger partial charge in [0.2, 0.25) is 11.5 Å². The Morgan fingerprint density at radius 2 is 1.82 bits per heavy atom. The van der Waals surface area contributed by atoms with E-state index in [0.29, 0.717) is 6.92 Å². The summed E-state index contributed by atoms with van der Waals surface area (Å²) < 4.78 is 4.76. The lowest BCUT2D eigenvalue weighted by Gasteiger charge is -2.55. The number of carbonyl (C=O) groups is 2. The van der Waals surface area contributed by atoms with Crippen LogP contribution >= 0.6 is 0 Å². The van der Waals surface area contributed by atoms with Crippen molar-refractivity contribution in [2.24, 2.45) is 0 Å². The molecule has 1 rings (SSSR count). The Bertz CT molecular complexity index is 468. The van der Waals surface area contributed by atoms with Crippen LogP contribution in [0.25, 0.3) is 0 Å². The van der Waals surface area contributed by atoms with Crippen LogP contribution in [0.4, 0.5) is 0 Å². The average molecular weight is 325 g/mol. The molecule has 1 heterocycles. The molecule has 1 fully saturated rings. The Morgan fingerprint density at radius 3 is 2.18 bits per heavy atom. The van der Waals surface area contributed by atoms with Gasteiger partial charge in [-0.15, -0.1) is 0 Å². The van der Waals surface area contributed by atoms with Gasteiger partial charge in [0, 0.05) is 6.92 Å². The van der Waals surface area contributed by atoms with Crippen LogP contribution < -0.4 is 5.32 Å². The monoisotopic (exact) mass is 325 g/mol. The first kappa shape index (κ1) is 18.7. The molecule has 0 saturated carbocycles. The van der Waals surface area contributed by atoms with Crippen LogP contribution in [0.1, 0.15) is 13.8 Å². The highest BCUT2D eigenvalue weighted by molar-refractivity contribution is 5.80. The second-order valence-corrected chi connectivity index (χ2v) is 5.24. The summed E-state index contributed by atoms with van der Waals surface area (Å²) in [6.45, 7) is 0.467. The molecule has 1 aliphatic rings. The number of aliphatic carboxylic acids is 1. The van der Waals surface area contributed by atoms with Crippen LogP contribution in [-0.2, 0) is 14.3 Å². The minimum absolute atomic E-state index is 0.528. The number of ether oxygens (including phenoxy) is 1. The standard InChI is InChI=1S/C11H19NO10/c1-4(14)12-11(21)10(20,9(2,19)8(17)18)7(16)6(15)5(3-13)22-11/h5-7,13,15-16,19-21H,3H2,1-2H3,(H,12,14)(H,17,18)/t5-,6-,7+,9?,10-,11?/m1/s1. The fraction of sp³-hybridized carbons (Fsp3) is 0.818. The van der Waals surface area contributed by atoms with E-state index in [9.17, 15) is 35.1 Å². The summed E-state index contributed by atoms with van der Waals surface area (Å²) in [6, 6.07) is 0. The number of carbonyl (C=O) groups excluding carboxylic acids is 1. The highest BCUT2D eigenvalue weighted by atomic mass is 16.7. The molecule has 8 N–H and O–H groups in total. The van der Waals surface area contributed by atoms with Crippen molar-refractivity contribution in [2.45, 2.75) is 49.3 Å². The van der Waals surface area contributed by atoms with E-state index in [0.717, 1.165) is 6.92 Å². The summed E-state index contributed by atoms with van der Waals surface area (Å²) in [7, 11) is 0. The molecule has 1 saturated heterocycles. The van der Waals surface area contributed by atoms with Crippen molar-refractivity contribution in [1.82, 2.24) is 5.32 Å². The first-order chi connectivity index (χ1) is 9.85. The van der Waals surface area contributed by atoms with Crippen molar-refractivity contribution in [1.29, 1.82) is 0 Å². The van der Waals surface area contributed by atoms with Crippen molar-refractivity contribution in [3.63, 3.8) is 0 Å². The van der Waals surface area contributed by atoms with Crippen molar-refractivity contribution < 1.29 is 50.1 Å². The number of hydrogen-bond donors (Lipinski definition) is 8. The third kappa shape index (κ3) is 2.46.